The van der Waals surface area contributed by atoms with Gasteiger partial charge in [-0.3, -0.25) is 10.1 Å². The van der Waals surface area contributed by atoms with Gasteiger partial charge in [0.05, 0.1) is 17.5 Å². The molecule has 2 aliphatic rings. The number of carbonyl (C=O) groups excluding carboxylic acids is 2. The molecule has 1 aliphatic carbocycles. The minimum Gasteiger partial charge on any atom is -0.337 e. The van der Waals surface area contributed by atoms with Crippen molar-refractivity contribution in [3.63, 3.8) is 0 Å². The van der Waals surface area contributed by atoms with Crippen molar-refractivity contribution in [3.8, 4) is 0 Å². The van der Waals surface area contributed by atoms with Crippen molar-refractivity contribution >= 4 is 23.5 Å². The van der Waals surface area contributed by atoms with E-state index in [1.807, 2.05) is 0 Å². The van der Waals surface area contributed by atoms with E-state index < -0.39 is 35.9 Å². The highest BCUT2D eigenvalue weighted by Gasteiger charge is 2.57. The first-order valence-corrected chi connectivity index (χ1v) is 6.83. The van der Waals surface area contributed by atoms with Crippen LogP contribution >= 0.6 is 11.6 Å². The van der Waals surface area contributed by atoms with Crippen molar-refractivity contribution < 1.29 is 22.8 Å². The molecule has 6 nitrogen and oxygen atoms in total. The van der Waals surface area contributed by atoms with Gasteiger partial charge in [0.1, 0.15) is 0 Å². The van der Waals surface area contributed by atoms with Gasteiger partial charge in [0, 0.05) is 6.54 Å². The molecule has 0 bridgehead atoms. The highest BCUT2D eigenvalue weighted by Crippen LogP contribution is 2.57. The van der Waals surface area contributed by atoms with Crippen molar-refractivity contribution in [2.24, 2.45) is 5.92 Å². The molecule has 1 aliphatic heterocycles. The Bertz CT molecular complexity index is 652. The summed E-state index contributed by atoms with van der Waals surface area (Å²) >= 11 is 5.83. The number of carbonyl (C=O) groups is 2. The van der Waals surface area contributed by atoms with E-state index in [0.717, 1.165) is 0 Å². The average Bonchev–Trinajstić information content (AvgIpc) is 3.20. The van der Waals surface area contributed by atoms with Crippen molar-refractivity contribution in [1.29, 1.82) is 0 Å². The lowest BCUT2D eigenvalue weighted by Gasteiger charge is -2.21. The number of nitrogens with zero attached hydrogens (tertiary/aromatic N) is 2. The molecular weight excluding hydrogens is 325 g/mol. The van der Waals surface area contributed by atoms with Crippen molar-refractivity contribution in [1.82, 2.24) is 20.8 Å². The molecule has 0 radical (unpaired) electrons. The Morgan fingerprint density at radius 2 is 2.00 bits per heavy atom. The zero-order valence-corrected chi connectivity index (χ0v) is 11.7. The Morgan fingerprint density at radius 3 is 2.59 bits per heavy atom. The highest BCUT2D eigenvalue weighted by atomic mass is 35.5. The summed E-state index contributed by atoms with van der Waals surface area (Å²) in [6.07, 6.45) is -4.34. The molecule has 10 heteroatoms. The summed E-state index contributed by atoms with van der Waals surface area (Å²) in [4.78, 5) is 22.8. The van der Waals surface area contributed by atoms with Gasteiger partial charge in [0.15, 0.2) is 5.15 Å². The van der Waals surface area contributed by atoms with Crippen LogP contribution in [0.4, 0.5) is 18.0 Å². The normalized spacial score (nSPS) is 28.1. The maximum Gasteiger partial charge on any atom is 0.392 e. The fourth-order valence-corrected chi connectivity index (χ4v) is 2.74. The third-order valence-electron chi connectivity index (χ3n) is 3.78. The van der Waals surface area contributed by atoms with Crippen LogP contribution in [-0.2, 0) is 4.79 Å². The first-order chi connectivity index (χ1) is 10.3. The Morgan fingerprint density at radius 1 is 1.27 bits per heavy atom. The van der Waals surface area contributed by atoms with E-state index in [4.69, 9.17) is 11.6 Å². The molecule has 2 N–H and O–H groups in total. The van der Waals surface area contributed by atoms with E-state index in [0.29, 0.717) is 0 Å². The van der Waals surface area contributed by atoms with E-state index in [1.165, 1.54) is 6.07 Å². The van der Waals surface area contributed by atoms with E-state index in [1.54, 1.807) is 0 Å². The maximum absolute atomic E-state index is 12.7. The van der Waals surface area contributed by atoms with Gasteiger partial charge in [-0.15, -0.1) is 5.10 Å². The smallest absolute Gasteiger partial charge is 0.337 e. The van der Waals surface area contributed by atoms with Crippen LogP contribution in [0.25, 0.3) is 0 Å². The van der Waals surface area contributed by atoms with Crippen LogP contribution in [0.2, 0.25) is 5.15 Å². The van der Waals surface area contributed by atoms with Crippen LogP contribution < -0.4 is 10.6 Å². The molecule has 3 rings (SSSR count). The summed E-state index contributed by atoms with van der Waals surface area (Å²) in [5.74, 6) is -3.58. The van der Waals surface area contributed by atoms with Crippen molar-refractivity contribution in [2.75, 3.05) is 6.54 Å². The number of halogens is 4. The van der Waals surface area contributed by atoms with Gasteiger partial charge in [-0.2, -0.15) is 18.3 Å². The lowest BCUT2D eigenvalue weighted by atomic mass is 10.00. The van der Waals surface area contributed by atoms with E-state index in [9.17, 15) is 22.8 Å². The summed E-state index contributed by atoms with van der Waals surface area (Å²) in [5.41, 5.74) is 0.420. The van der Waals surface area contributed by atoms with Crippen LogP contribution in [0.5, 0.6) is 0 Å². The lowest BCUT2D eigenvalue weighted by Crippen LogP contribution is -2.51. The van der Waals surface area contributed by atoms with Crippen molar-refractivity contribution in [2.45, 2.75) is 24.4 Å². The number of nitrogens with one attached hydrogen (secondary N) is 2. The van der Waals surface area contributed by atoms with Gasteiger partial charge >= 0.3 is 12.2 Å². The number of hydrogen-bond donors (Lipinski definition) is 2. The van der Waals surface area contributed by atoms with Crippen LogP contribution in [0.3, 0.4) is 0 Å². The molecular formula is C12H10ClF3N4O2. The predicted octanol–water partition coefficient (Wildman–Crippen LogP) is 1.72. The second kappa shape index (κ2) is 5.08. The zero-order chi connectivity index (χ0) is 16.1. The van der Waals surface area contributed by atoms with Gasteiger partial charge in [-0.1, -0.05) is 11.6 Å². The number of imide groups is 1. The third kappa shape index (κ3) is 2.72. The molecule has 3 amide bonds. The summed E-state index contributed by atoms with van der Waals surface area (Å²) in [7, 11) is 0. The predicted molar refractivity (Wildman–Crippen MR) is 68.2 cm³/mol. The van der Waals surface area contributed by atoms with Gasteiger partial charge in [-0.05, 0) is 24.0 Å². The number of alkyl halides is 3. The maximum atomic E-state index is 12.7. The Kier molecular flexibility index (Phi) is 3.47. The summed E-state index contributed by atoms with van der Waals surface area (Å²) < 4.78 is 38.0. The van der Waals surface area contributed by atoms with Crippen LogP contribution in [0.1, 0.15) is 29.5 Å². The Labute approximate surface area is 127 Å². The second-order valence-electron chi connectivity index (χ2n) is 5.26. The molecule has 22 heavy (non-hydrogen) atoms. The summed E-state index contributed by atoms with van der Waals surface area (Å²) in [5, 5.41) is 11.8. The Hall–Kier alpha value is -1.90. The van der Waals surface area contributed by atoms with Gasteiger partial charge in [0.25, 0.3) is 0 Å². The molecule has 0 spiro atoms. The first kappa shape index (κ1) is 15.0. The van der Waals surface area contributed by atoms with E-state index in [2.05, 4.69) is 20.8 Å². The van der Waals surface area contributed by atoms with E-state index in [-0.39, 0.29) is 29.4 Å². The Balaban J connectivity index is 1.85. The van der Waals surface area contributed by atoms with Gasteiger partial charge in [0.2, 0.25) is 5.91 Å². The summed E-state index contributed by atoms with van der Waals surface area (Å²) in [6, 6.07) is 0.746. The summed E-state index contributed by atoms with van der Waals surface area (Å²) in [6.45, 7) is 0.00772. The monoisotopic (exact) mass is 334 g/mol. The second-order valence-corrected chi connectivity index (χ2v) is 5.62. The van der Waals surface area contributed by atoms with Crippen LogP contribution in [0, 0.1) is 5.92 Å². The lowest BCUT2D eigenvalue weighted by molar-refractivity contribution is -0.148. The molecule has 2 heterocycles. The molecule has 1 saturated heterocycles. The van der Waals surface area contributed by atoms with Gasteiger partial charge in [-0.25, -0.2) is 4.79 Å². The van der Waals surface area contributed by atoms with Gasteiger partial charge < -0.3 is 5.32 Å². The van der Waals surface area contributed by atoms with Crippen LogP contribution in [-0.4, -0.2) is 34.9 Å². The molecule has 1 saturated carbocycles. The number of rotatable bonds is 2. The average molecular weight is 335 g/mol. The molecule has 118 valence electrons. The third-order valence-corrected chi connectivity index (χ3v) is 4.08. The number of hydrogen-bond acceptors (Lipinski definition) is 4. The van der Waals surface area contributed by atoms with Crippen molar-refractivity contribution in [3.05, 3.63) is 22.5 Å². The standard InChI is InChI=1S/C12H10ClF3N4O2/c13-9-5(4-1-7(4)12(14,15)16)2-8(19-20-9)6-3-17-11(22)18-10(6)21/h2,4,6-7H,1,3H2,(H2,17,18,21,22)/t4-,6?,7+/m1/s1. The minimum atomic E-state index is -4.28. The first-order valence-electron chi connectivity index (χ1n) is 6.46. The highest BCUT2D eigenvalue weighted by molar-refractivity contribution is 6.30. The SMILES string of the molecule is O=C1NCC(c2cc([C@H]3C[C@@H]3C(F)(F)F)c(Cl)nn2)C(=O)N1. The number of amides is 3. The van der Waals surface area contributed by atoms with E-state index >= 15 is 0 Å². The zero-order valence-electron chi connectivity index (χ0n) is 10.9. The largest absolute Gasteiger partial charge is 0.392 e. The number of aromatic nitrogens is 2. The quantitative estimate of drug-likeness (QED) is 0.862. The topological polar surface area (TPSA) is 84.0 Å². The molecule has 3 atom stereocenters. The molecule has 0 aromatic carbocycles. The van der Waals surface area contributed by atoms with Crippen LogP contribution in [0.15, 0.2) is 6.07 Å². The fourth-order valence-electron chi connectivity index (χ4n) is 2.51. The molecule has 1 aromatic rings. The minimum absolute atomic E-state index is 0.00772. The molecule has 2 fully saturated rings. The number of urea groups is 1. The fraction of sp³-hybridized carbons (Fsp3) is 0.500. The molecule has 1 aromatic heterocycles. The molecule has 1 unspecified atom stereocenters.